The number of nitrogens with one attached hydrogen (secondary N) is 1. The van der Waals surface area contributed by atoms with Crippen LogP contribution < -0.4 is 5.32 Å². The Kier molecular flexibility index (Phi) is 2.82. The molecular weight excluding hydrogens is 148 g/mol. The molecule has 66 valence electrons. The summed E-state index contributed by atoms with van der Waals surface area (Å²) in [6.07, 6.45) is -1.47. The summed E-state index contributed by atoms with van der Waals surface area (Å²) in [5.74, 6) is 0.183. The van der Waals surface area contributed by atoms with Crippen molar-refractivity contribution in [3.63, 3.8) is 0 Å². The van der Waals surface area contributed by atoms with Crippen LogP contribution in [0.4, 0.5) is 8.78 Å². The van der Waals surface area contributed by atoms with Crippen LogP contribution in [0.15, 0.2) is 0 Å². The first kappa shape index (κ1) is 8.91. The average Bonchev–Trinajstić information content (AvgIpc) is 2.61. The predicted octanol–water partition coefficient (Wildman–Crippen LogP) is 1.89. The summed E-state index contributed by atoms with van der Waals surface area (Å²) in [4.78, 5) is 0. The highest BCUT2D eigenvalue weighted by Crippen LogP contribution is 2.35. The predicted molar refractivity (Wildman–Crippen MR) is 40.7 cm³/mol. The van der Waals surface area contributed by atoms with Crippen molar-refractivity contribution in [1.29, 1.82) is 0 Å². The van der Waals surface area contributed by atoms with Crippen LogP contribution in [0.25, 0.3) is 0 Å². The normalized spacial score (nSPS) is 30.0. The smallest absolute Gasteiger partial charge is 0.242 e. The lowest BCUT2D eigenvalue weighted by Gasteiger charge is -2.05. The quantitative estimate of drug-likeness (QED) is 0.667. The molecule has 1 aliphatic carbocycles. The van der Waals surface area contributed by atoms with Crippen LogP contribution in [-0.4, -0.2) is 19.0 Å². The number of hydrogen-bond donors (Lipinski definition) is 1. The van der Waals surface area contributed by atoms with E-state index in [1.54, 1.807) is 0 Å². The van der Waals surface area contributed by atoms with Crippen molar-refractivity contribution in [3.8, 4) is 0 Å². The first-order valence-electron chi connectivity index (χ1n) is 4.12. The van der Waals surface area contributed by atoms with Gasteiger partial charge in [0.15, 0.2) is 0 Å². The van der Waals surface area contributed by atoms with E-state index in [9.17, 15) is 8.78 Å². The molecule has 0 heterocycles. The zero-order valence-electron chi connectivity index (χ0n) is 6.98. The van der Waals surface area contributed by atoms with E-state index in [4.69, 9.17) is 0 Å². The SMILES string of the molecule is CC(C)CN[C@@H]1C[C@@H]1C(F)F. The molecule has 0 aliphatic heterocycles. The number of hydrogen-bond acceptors (Lipinski definition) is 1. The maximum absolute atomic E-state index is 12.0. The van der Waals surface area contributed by atoms with E-state index in [0.29, 0.717) is 12.3 Å². The van der Waals surface area contributed by atoms with E-state index in [1.807, 2.05) is 0 Å². The largest absolute Gasteiger partial charge is 0.313 e. The average molecular weight is 163 g/mol. The van der Waals surface area contributed by atoms with Gasteiger partial charge in [-0.2, -0.15) is 0 Å². The second kappa shape index (κ2) is 3.48. The van der Waals surface area contributed by atoms with Crippen LogP contribution in [0.5, 0.6) is 0 Å². The molecule has 0 bridgehead atoms. The molecule has 1 nitrogen and oxygen atoms in total. The summed E-state index contributed by atoms with van der Waals surface area (Å²) in [5, 5.41) is 3.11. The Balaban J connectivity index is 2.04. The minimum Gasteiger partial charge on any atom is -0.313 e. The van der Waals surface area contributed by atoms with Crippen molar-refractivity contribution in [2.75, 3.05) is 6.54 Å². The molecule has 1 aliphatic rings. The van der Waals surface area contributed by atoms with Crippen LogP contribution in [0.1, 0.15) is 20.3 Å². The van der Waals surface area contributed by atoms with E-state index < -0.39 is 6.43 Å². The van der Waals surface area contributed by atoms with Gasteiger partial charge in [-0.05, 0) is 18.9 Å². The summed E-state index contributed by atoms with van der Waals surface area (Å²) >= 11 is 0. The Bertz CT molecular complexity index is 125. The molecule has 0 unspecified atom stereocenters. The third-order valence-corrected chi connectivity index (χ3v) is 1.95. The lowest BCUT2D eigenvalue weighted by atomic mass is 10.2. The fourth-order valence-electron chi connectivity index (χ4n) is 1.11. The summed E-state index contributed by atoms with van der Waals surface area (Å²) in [5.41, 5.74) is 0. The standard InChI is InChI=1S/C8H15F2N/c1-5(2)4-11-7-3-6(7)8(9)10/h5-8,11H,3-4H2,1-2H3/t6-,7+/m0/s1. The molecule has 11 heavy (non-hydrogen) atoms. The third-order valence-electron chi connectivity index (χ3n) is 1.95. The van der Waals surface area contributed by atoms with Gasteiger partial charge < -0.3 is 5.32 Å². The Morgan fingerprint density at radius 2 is 2.09 bits per heavy atom. The topological polar surface area (TPSA) is 12.0 Å². The van der Waals surface area contributed by atoms with Gasteiger partial charge in [0.25, 0.3) is 0 Å². The van der Waals surface area contributed by atoms with Crippen molar-refractivity contribution in [2.45, 2.75) is 32.7 Å². The molecule has 1 N–H and O–H groups in total. The minimum absolute atomic E-state index is 0.0948. The van der Waals surface area contributed by atoms with Crippen molar-refractivity contribution in [3.05, 3.63) is 0 Å². The second-order valence-electron chi connectivity index (χ2n) is 3.64. The Labute approximate surface area is 66.2 Å². The second-order valence-corrected chi connectivity index (χ2v) is 3.64. The highest BCUT2D eigenvalue weighted by Gasteiger charge is 2.43. The molecule has 2 atom stereocenters. The van der Waals surface area contributed by atoms with Crippen LogP contribution in [0, 0.1) is 11.8 Å². The van der Waals surface area contributed by atoms with E-state index in [1.165, 1.54) is 0 Å². The van der Waals surface area contributed by atoms with Crippen molar-refractivity contribution >= 4 is 0 Å². The van der Waals surface area contributed by atoms with Gasteiger partial charge in [-0.25, -0.2) is 8.78 Å². The van der Waals surface area contributed by atoms with Gasteiger partial charge in [-0.1, -0.05) is 13.8 Å². The van der Waals surface area contributed by atoms with Crippen molar-refractivity contribution in [2.24, 2.45) is 11.8 Å². The fourth-order valence-corrected chi connectivity index (χ4v) is 1.11. The molecule has 3 heteroatoms. The van der Waals surface area contributed by atoms with Gasteiger partial charge in [-0.15, -0.1) is 0 Å². The van der Waals surface area contributed by atoms with Crippen LogP contribution >= 0.6 is 0 Å². The lowest BCUT2D eigenvalue weighted by molar-refractivity contribution is 0.118. The first-order chi connectivity index (χ1) is 5.11. The Hall–Kier alpha value is -0.180. The van der Waals surface area contributed by atoms with Crippen molar-refractivity contribution < 1.29 is 8.78 Å². The minimum atomic E-state index is -2.13. The van der Waals surface area contributed by atoms with Crippen LogP contribution in [0.2, 0.25) is 0 Å². The Morgan fingerprint density at radius 3 is 2.45 bits per heavy atom. The maximum Gasteiger partial charge on any atom is 0.242 e. The third kappa shape index (κ3) is 2.73. The van der Waals surface area contributed by atoms with E-state index >= 15 is 0 Å². The molecular formula is C8H15F2N. The highest BCUT2D eigenvalue weighted by molar-refractivity contribution is 4.94. The molecule has 1 saturated carbocycles. The molecule has 0 radical (unpaired) electrons. The number of halogens is 2. The van der Waals surface area contributed by atoms with Gasteiger partial charge in [0.05, 0.1) is 0 Å². The van der Waals surface area contributed by atoms with E-state index in [-0.39, 0.29) is 12.0 Å². The monoisotopic (exact) mass is 163 g/mol. The molecule has 1 fully saturated rings. The van der Waals surface area contributed by atoms with Gasteiger partial charge in [-0.3, -0.25) is 0 Å². The summed E-state index contributed by atoms with van der Waals surface area (Å²) < 4.78 is 23.9. The zero-order valence-corrected chi connectivity index (χ0v) is 6.98. The van der Waals surface area contributed by atoms with Gasteiger partial charge in [0, 0.05) is 12.0 Å². The van der Waals surface area contributed by atoms with E-state index in [2.05, 4.69) is 19.2 Å². The number of alkyl halides is 2. The molecule has 0 saturated heterocycles. The maximum atomic E-state index is 12.0. The summed E-state index contributed by atoms with van der Waals surface area (Å²) in [7, 11) is 0. The first-order valence-corrected chi connectivity index (χ1v) is 4.12. The Morgan fingerprint density at radius 1 is 1.45 bits per heavy atom. The van der Waals surface area contributed by atoms with Gasteiger partial charge in [0.1, 0.15) is 0 Å². The van der Waals surface area contributed by atoms with E-state index in [0.717, 1.165) is 6.54 Å². The van der Waals surface area contributed by atoms with Gasteiger partial charge in [0.2, 0.25) is 6.43 Å². The molecule has 0 aromatic carbocycles. The molecule has 0 amide bonds. The van der Waals surface area contributed by atoms with Crippen LogP contribution in [-0.2, 0) is 0 Å². The lowest BCUT2D eigenvalue weighted by Crippen LogP contribution is -2.24. The molecule has 0 spiro atoms. The van der Waals surface area contributed by atoms with Crippen molar-refractivity contribution in [1.82, 2.24) is 5.32 Å². The van der Waals surface area contributed by atoms with Crippen LogP contribution in [0.3, 0.4) is 0 Å². The van der Waals surface area contributed by atoms with Gasteiger partial charge >= 0.3 is 0 Å². The fraction of sp³-hybridized carbons (Fsp3) is 1.00. The summed E-state index contributed by atoms with van der Waals surface area (Å²) in [6.45, 7) is 5.01. The molecule has 1 rings (SSSR count). The number of rotatable bonds is 4. The molecule has 0 aromatic rings. The summed E-state index contributed by atoms with van der Waals surface area (Å²) in [6, 6.07) is 0.0948. The highest BCUT2D eigenvalue weighted by atomic mass is 19.3. The zero-order chi connectivity index (χ0) is 8.43. The molecule has 0 aromatic heterocycles.